The summed E-state index contributed by atoms with van der Waals surface area (Å²) < 4.78 is 19.6. The number of halogens is 2. The van der Waals surface area contributed by atoms with E-state index < -0.39 is 0 Å². The zero-order valence-corrected chi connectivity index (χ0v) is 16.4. The molecule has 0 saturated carbocycles. The highest BCUT2D eigenvalue weighted by Crippen LogP contribution is 2.21. The molecular formula is C18H17ClFN5O2S. The second-order valence-electron chi connectivity index (χ2n) is 5.81. The van der Waals surface area contributed by atoms with Crippen molar-refractivity contribution in [1.82, 2.24) is 14.9 Å². The van der Waals surface area contributed by atoms with E-state index in [9.17, 15) is 9.18 Å². The molecule has 10 heteroatoms. The summed E-state index contributed by atoms with van der Waals surface area (Å²) in [5.74, 6) is 6.33. The maximum absolute atomic E-state index is 12.9. The summed E-state index contributed by atoms with van der Waals surface area (Å²) in [6.45, 7) is 1.94. The summed E-state index contributed by atoms with van der Waals surface area (Å²) in [6.07, 6.45) is 0. The molecule has 1 heterocycles. The van der Waals surface area contributed by atoms with Crippen LogP contribution in [0.3, 0.4) is 0 Å². The number of nitrogens with one attached hydrogen (secondary N) is 1. The van der Waals surface area contributed by atoms with Crippen molar-refractivity contribution in [1.29, 1.82) is 0 Å². The van der Waals surface area contributed by atoms with Gasteiger partial charge < -0.3 is 15.9 Å². The third-order valence-electron chi connectivity index (χ3n) is 3.70. The molecule has 0 radical (unpaired) electrons. The number of hydrogen-bond acceptors (Lipinski definition) is 6. The number of nitrogens with zero attached hydrogens (tertiary/aromatic N) is 3. The molecule has 28 heavy (non-hydrogen) atoms. The number of carbonyl (C=O) groups excluding carboxylic acids is 1. The lowest BCUT2D eigenvalue weighted by Crippen LogP contribution is -2.18. The molecular weight excluding hydrogens is 405 g/mol. The molecule has 0 unspecified atom stereocenters. The van der Waals surface area contributed by atoms with E-state index in [0.717, 1.165) is 17.3 Å². The number of benzene rings is 2. The van der Waals surface area contributed by atoms with Gasteiger partial charge in [0.05, 0.1) is 5.75 Å². The van der Waals surface area contributed by atoms with Gasteiger partial charge in [-0.3, -0.25) is 4.79 Å². The predicted octanol–water partition coefficient (Wildman–Crippen LogP) is 3.40. The van der Waals surface area contributed by atoms with Crippen LogP contribution in [0.15, 0.2) is 47.6 Å². The Morgan fingerprint density at radius 3 is 2.75 bits per heavy atom. The van der Waals surface area contributed by atoms with Crippen LogP contribution in [0.2, 0.25) is 5.02 Å². The van der Waals surface area contributed by atoms with Gasteiger partial charge in [-0.2, -0.15) is 0 Å². The van der Waals surface area contributed by atoms with Crippen molar-refractivity contribution >= 4 is 35.0 Å². The number of nitrogens with two attached hydrogens (primary N) is 1. The Morgan fingerprint density at radius 2 is 2.04 bits per heavy atom. The highest BCUT2D eigenvalue weighted by atomic mass is 35.5. The van der Waals surface area contributed by atoms with Gasteiger partial charge in [0.25, 0.3) is 0 Å². The van der Waals surface area contributed by atoms with Crippen molar-refractivity contribution < 1.29 is 13.9 Å². The zero-order valence-electron chi connectivity index (χ0n) is 14.9. The lowest BCUT2D eigenvalue weighted by molar-refractivity contribution is -0.113. The first kappa shape index (κ1) is 20.0. The molecule has 0 aliphatic heterocycles. The maximum atomic E-state index is 12.9. The molecule has 0 aliphatic rings. The Morgan fingerprint density at radius 1 is 1.29 bits per heavy atom. The van der Waals surface area contributed by atoms with E-state index in [-0.39, 0.29) is 24.1 Å². The van der Waals surface area contributed by atoms with Crippen molar-refractivity contribution in [2.75, 3.05) is 16.9 Å². The van der Waals surface area contributed by atoms with E-state index in [1.807, 2.05) is 13.0 Å². The first-order valence-corrected chi connectivity index (χ1v) is 9.55. The van der Waals surface area contributed by atoms with Gasteiger partial charge in [-0.25, -0.2) is 9.07 Å². The molecule has 0 bridgehead atoms. The molecule has 3 rings (SSSR count). The van der Waals surface area contributed by atoms with Crippen LogP contribution in [0.4, 0.5) is 10.1 Å². The second kappa shape index (κ2) is 8.94. The number of aromatic nitrogens is 3. The number of nitrogen functional groups attached to an aromatic ring is 1. The Kier molecular flexibility index (Phi) is 6.37. The molecule has 3 N–H and O–H groups in total. The number of thioether (sulfide) groups is 1. The molecule has 2 aromatic carbocycles. The van der Waals surface area contributed by atoms with Gasteiger partial charge in [-0.1, -0.05) is 29.4 Å². The van der Waals surface area contributed by atoms with E-state index >= 15 is 0 Å². The van der Waals surface area contributed by atoms with Gasteiger partial charge >= 0.3 is 0 Å². The van der Waals surface area contributed by atoms with Crippen LogP contribution in [-0.4, -0.2) is 26.5 Å². The zero-order chi connectivity index (χ0) is 20.1. The molecule has 7 nitrogen and oxygen atoms in total. The van der Waals surface area contributed by atoms with Crippen LogP contribution in [0.1, 0.15) is 11.4 Å². The van der Waals surface area contributed by atoms with Gasteiger partial charge in [0.15, 0.2) is 5.82 Å². The van der Waals surface area contributed by atoms with Crippen molar-refractivity contribution in [3.63, 3.8) is 0 Å². The Labute approximate surface area is 170 Å². The third kappa shape index (κ3) is 5.14. The second-order valence-corrected chi connectivity index (χ2v) is 7.16. The minimum atomic E-state index is -0.348. The number of rotatable bonds is 7. The van der Waals surface area contributed by atoms with Gasteiger partial charge in [-0.05, 0) is 48.9 Å². The first-order chi connectivity index (χ1) is 13.4. The summed E-state index contributed by atoms with van der Waals surface area (Å²) in [6, 6.07) is 10.9. The first-order valence-electron chi connectivity index (χ1n) is 8.19. The third-order valence-corrected chi connectivity index (χ3v) is 5.05. The standard InChI is InChI=1S/C18H17ClFN5O2S/c1-11-2-5-13(8-15(11)19)22-17(26)10-28-18-24-23-16(25(18)21)9-27-14-6-3-12(20)4-7-14/h2-8H,9-10,21H2,1H3,(H,22,26). The Bertz CT molecular complexity index is 981. The molecule has 0 atom stereocenters. The molecule has 1 amide bonds. The van der Waals surface area contributed by atoms with Crippen LogP contribution in [-0.2, 0) is 11.4 Å². The molecule has 146 valence electrons. The minimum absolute atomic E-state index is 0.0593. The van der Waals surface area contributed by atoms with E-state index in [1.54, 1.807) is 12.1 Å². The van der Waals surface area contributed by atoms with E-state index in [4.69, 9.17) is 22.2 Å². The maximum Gasteiger partial charge on any atom is 0.234 e. The van der Waals surface area contributed by atoms with Crippen LogP contribution in [0.25, 0.3) is 0 Å². The van der Waals surface area contributed by atoms with Crippen LogP contribution < -0.4 is 15.9 Å². The SMILES string of the molecule is Cc1ccc(NC(=O)CSc2nnc(COc3ccc(F)cc3)n2N)cc1Cl. The predicted molar refractivity (Wildman–Crippen MR) is 106 cm³/mol. The number of ether oxygens (including phenoxy) is 1. The van der Waals surface area contributed by atoms with Crippen LogP contribution >= 0.6 is 23.4 Å². The van der Waals surface area contributed by atoms with Crippen LogP contribution in [0.5, 0.6) is 5.75 Å². The molecule has 0 saturated heterocycles. The van der Waals surface area contributed by atoms with Crippen molar-refractivity contribution in [3.8, 4) is 5.75 Å². The highest BCUT2D eigenvalue weighted by Gasteiger charge is 2.13. The minimum Gasteiger partial charge on any atom is -0.486 e. The molecule has 0 fully saturated rings. The van der Waals surface area contributed by atoms with E-state index in [2.05, 4.69) is 15.5 Å². The summed E-state index contributed by atoms with van der Waals surface area (Å²) in [7, 11) is 0. The topological polar surface area (TPSA) is 95.1 Å². The Balaban J connectivity index is 1.52. The number of aryl methyl sites for hydroxylation is 1. The van der Waals surface area contributed by atoms with Gasteiger partial charge in [0.2, 0.25) is 11.1 Å². The monoisotopic (exact) mass is 421 g/mol. The fraction of sp³-hybridized carbons (Fsp3) is 0.167. The molecule has 3 aromatic rings. The summed E-state index contributed by atoms with van der Waals surface area (Å²) in [4.78, 5) is 12.1. The number of hydrogen-bond donors (Lipinski definition) is 2. The molecule has 1 aromatic heterocycles. The van der Waals surface area contributed by atoms with Gasteiger partial charge in [0.1, 0.15) is 18.2 Å². The summed E-state index contributed by atoms with van der Waals surface area (Å²) in [5, 5.41) is 11.6. The van der Waals surface area contributed by atoms with Crippen molar-refractivity contribution in [3.05, 3.63) is 64.7 Å². The highest BCUT2D eigenvalue weighted by molar-refractivity contribution is 7.99. The van der Waals surface area contributed by atoms with E-state index in [0.29, 0.717) is 27.4 Å². The smallest absolute Gasteiger partial charge is 0.234 e. The fourth-order valence-corrected chi connectivity index (χ4v) is 3.04. The van der Waals surface area contributed by atoms with Crippen LogP contribution in [0, 0.1) is 12.7 Å². The summed E-state index contributed by atoms with van der Waals surface area (Å²) in [5.41, 5.74) is 1.55. The average Bonchev–Trinajstić information content (AvgIpc) is 3.02. The van der Waals surface area contributed by atoms with Gasteiger partial charge in [0, 0.05) is 10.7 Å². The molecule has 0 aliphatic carbocycles. The van der Waals surface area contributed by atoms with Gasteiger partial charge in [-0.15, -0.1) is 10.2 Å². The fourth-order valence-electron chi connectivity index (χ4n) is 2.18. The largest absolute Gasteiger partial charge is 0.486 e. The number of amides is 1. The van der Waals surface area contributed by atoms with Crippen molar-refractivity contribution in [2.24, 2.45) is 0 Å². The normalized spacial score (nSPS) is 10.7. The quantitative estimate of drug-likeness (QED) is 0.448. The van der Waals surface area contributed by atoms with Crippen molar-refractivity contribution in [2.45, 2.75) is 18.7 Å². The number of carbonyl (C=O) groups is 1. The molecule has 0 spiro atoms. The number of anilines is 1. The lowest BCUT2D eigenvalue weighted by Gasteiger charge is -2.07. The van der Waals surface area contributed by atoms with E-state index in [1.165, 1.54) is 28.9 Å². The Hall–Kier alpha value is -2.78. The lowest BCUT2D eigenvalue weighted by atomic mass is 10.2. The average molecular weight is 422 g/mol. The summed E-state index contributed by atoms with van der Waals surface area (Å²) >= 11 is 7.19.